The van der Waals surface area contributed by atoms with Gasteiger partial charge in [-0.1, -0.05) is 0 Å². The molecule has 2 aromatic rings. The first-order valence-electron chi connectivity index (χ1n) is 5.01. The maximum atomic E-state index is 5.51. The molecule has 0 spiro atoms. The van der Waals surface area contributed by atoms with Gasteiger partial charge in [0.15, 0.2) is 0 Å². The number of methoxy groups -OCH3 is 1. The van der Waals surface area contributed by atoms with E-state index < -0.39 is 0 Å². The summed E-state index contributed by atoms with van der Waals surface area (Å²) in [6.45, 7) is 0.436. The summed E-state index contributed by atoms with van der Waals surface area (Å²) in [5, 5.41) is 0. The number of ether oxygens (including phenoxy) is 2. The summed E-state index contributed by atoms with van der Waals surface area (Å²) in [7, 11) is 1.59. The molecule has 17 heavy (non-hydrogen) atoms. The molecule has 4 nitrogen and oxygen atoms in total. The van der Waals surface area contributed by atoms with Crippen LogP contribution in [0.2, 0.25) is 0 Å². The molecule has 0 bridgehead atoms. The van der Waals surface area contributed by atoms with Gasteiger partial charge < -0.3 is 9.47 Å². The molecule has 2 aromatic heterocycles. The Hall–Kier alpha value is -1.62. The van der Waals surface area contributed by atoms with Crippen molar-refractivity contribution in [3.63, 3.8) is 0 Å². The van der Waals surface area contributed by atoms with Crippen LogP contribution >= 0.6 is 15.9 Å². The molecule has 0 fully saturated rings. The van der Waals surface area contributed by atoms with Crippen LogP contribution in [0.3, 0.4) is 0 Å². The average molecular weight is 295 g/mol. The molecule has 2 rings (SSSR count). The van der Waals surface area contributed by atoms with E-state index in [2.05, 4.69) is 25.9 Å². The van der Waals surface area contributed by atoms with Gasteiger partial charge in [0.2, 0.25) is 11.8 Å². The highest BCUT2D eigenvalue weighted by molar-refractivity contribution is 9.10. The summed E-state index contributed by atoms with van der Waals surface area (Å²) in [5.74, 6) is 1.18. The van der Waals surface area contributed by atoms with Gasteiger partial charge in [0, 0.05) is 34.6 Å². The Kier molecular flexibility index (Phi) is 3.93. The molecule has 88 valence electrons. The van der Waals surface area contributed by atoms with Gasteiger partial charge >= 0.3 is 0 Å². The van der Waals surface area contributed by atoms with E-state index in [1.54, 1.807) is 31.6 Å². The van der Waals surface area contributed by atoms with Crippen LogP contribution in [0.5, 0.6) is 11.8 Å². The molecular weight excluding hydrogens is 284 g/mol. The molecule has 0 aliphatic heterocycles. The summed E-state index contributed by atoms with van der Waals surface area (Å²) >= 11 is 3.32. The van der Waals surface area contributed by atoms with Crippen molar-refractivity contribution >= 4 is 15.9 Å². The van der Waals surface area contributed by atoms with Gasteiger partial charge in [-0.25, -0.2) is 9.97 Å². The number of nitrogens with zero attached hydrogens (tertiary/aromatic N) is 2. The highest BCUT2D eigenvalue weighted by atomic mass is 79.9. The van der Waals surface area contributed by atoms with E-state index in [1.165, 1.54) is 0 Å². The smallest absolute Gasteiger partial charge is 0.213 e. The van der Waals surface area contributed by atoms with Crippen molar-refractivity contribution in [1.82, 2.24) is 9.97 Å². The molecule has 5 heteroatoms. The van der Waals surface area contributed by atoms with Crippen LogP contribution in [0.1, 0.15) is 5.56 Å². The van der Waals surface area contributed by atoms with Gasteiger partial charge in [-0.3, -0.25) is 0 Å². The second-order valence-corrected chi connectivity index (χ2v) is 4.23. The first-order valence-corrected chi connectivity index (χ1v) is 5.80. The Labute approximate surface area is 108 Å². The summed E-state index contributed by atoms with van der Waals surface area (Å²) < 4.78 is 11.4. The maximum absolute atomic E-state index is 5.51. The molecule has 0 saturated heterocycles. The SMILES string of the molecule is COc1ccc(COc2ccc(Br)cn2)cn1. The monoisotopic (exact) mass is 294 g/mol. The number of halogens is 1. The topological polar surface area (TPSA) is 44.2 Å². The summed E-state index contributed by atoms with van der Waals surface area (Å²) in [4.78, 5) is 8.21. The highest BCUT2D eigenvalue weighted by Crippen LogP contribution is 2.14. The minimum absolute atomic E-state index is 0.436. The zero-order chi connectivity index (χ0) is 12.1. The van der Waals surface area contributed by atoms with Crippen molar-refractivity contribution in [1.29, 1.82) is 0 Å². The lowest BCUT2D eigenvalue weighted by Gasteiger charge is -2.05. The minimum atomic E-state index is 0.436. The Morgan fingerprint density at radius 1 is 1.06 bits per heavy atom. The van der Waals surface area contributed by atoms with Gasteiger partial charge in [-0.05, 0) is 28.1 Å². The molecule has 0 aliphatic carbocycles. The second-order valence-electron chi connectivity index (χ2n) is 3.31. The van der Waals surface area contributed by atoms with E-state index in [4.69, 9.17) is 9.47 Å². The van der Waals surface area contributed by atoms with Crippen molar-refractivity contribution in [3.8, 4) is 11.8 Å². The highest BCUT2D eigenvalue weighted by Gasteiger charge is 1.98. The summed E-state index contributed by atoms with van der Waals surface area (Å²) in [6, 6.07) is 7.40. The van der Waals surface area contributed by atoms with Gasteiger partial charge in [0.05, 0.1) is 7.11 Å². The molecular formula is C12H11BrN2O2. The van der Waals surface area contributed by atoms with E-state index in [1.807, 2.05) is 12.1 Å². The standard InChI is InChI=1S/C12H11BrN2O2/c1-16-11-4-2-9(6-14-11)8-17-12-5-3-10(13)7-15-12/h2-7H,8H2,1H3. The average Bonchev–Trinajstić information content (AvgIpc) is 2.39. The lowest BCUT2D eigenvalue weighted by Crippen LogP contribution is -1.98. The van der Waals surface area contributed by atoms with Gasteiger partial charge in [-0.2, -0.15) is 0 Å². The van der Waals surface area contributed by atoms with Crippen molar-refractivity contribution < 1.29 is 9.47 Å². The zero-order valence-corrected chi connectivity index (χ0v) is 10.8. The third kappa shape index (κ3) is 3.42. The number of rotatable bonds is 4. The van der Waals surface area contributed by atoms with Crippen LogP contribution < -0.4 is 9.47 Å². The van der Waals surface area contributed by atoms with E-state index in [-0.39, 0.29) is 0 Å². The van der Waals surface area contributed by atoms with Crippen LogP contribution in [-0.2, 0) is 6.61 Å². The molecule has 0 unspecified atom stereocenters. The number of hydrogen-bond acceptors (Lipinski definition) is 4. The predicted octanol–water partition coefficient (Wildman–Crippen LogP) is 2.83. The maximum Gasteiger partial charge on any atom is 0.213 e. The van der Waals surface area contributed by atoms with Crippen molar-refractivity contribution in [3.05, 3.63) is 46.7 Å². The molecule has 0 atom stereocenters. The molecule has 0 aromatic carbocycles. The fourth-order valence-corrected chi connectivity index (χ4v) is 1.46. The molecule has 0 N–H and O–H groups in total. The number of pyridine rings is 2. The molecule has 0 radical (unpaired) electrons. The van der Waals surface area contributed by atoms with E-state index in [0.29, 0.717) is 18.4 Å². The Bertz CT molecular complexity index is 471. The number of aromatic nitrogens is 2. The Balaban J connectivity index is 1.95. The van der Waals surface area contributed by atoms with Crippen molar-refractivity contribution in [2.24, 2.45) is 0 Å². The van der Waals surface area contributed by atoms with Crippen molar-refractivity contribution in [2.75, 3.05) is 7.11 Å². The largest absolute Gasteiger partial charge is 0.481 e. The fourth-order valence-electron chi connectivity index (χ4n) is 1.22. The van der Waals surface area contributed by atoms with Crippen molar-refractivity contribution in [2.45, 2.75) is 6.61 Å². The molecule has 2 heterocycles. The third-order valence-electron chi connectivity index (χ3n) is 2.09. The molecule has 0 saturated carbocycles. The minimum Gasteiger partial charge on any atom is -0.481 e. The Morgan fingerprint density at radius 3 is 2.41 bits per heavy atom. The van der Waals surface area contributed by atoms with Gasteiger partial charge in [0.1, 0.15) is 6.61 Å². The lowest BCUT2D eigenvalue weighted by atomic mass is 10.3. The normalized spacial score (nSPS) is 10.0. The summed E-state index contributed by atoms with van der Waals surface area (Å²) in [6.07, 6.45) is 3.42. The summed E-state index contributed by atoms with van der Waals surface area (Å²) in [5.41, 5.74) is 0.968. The number of hydrogen-bond donors (Lipinski definition) is 0. The first kappa shape index (κ1) is 11.9. The predicted molar refractivity (Wildman–Crippen MR) is 67.1 cm³/mol. The Morgan fingerprint density at radius 2 is 1.82 bits per heavy atom. The molecule has 0 amide bonds. The second kappa shape index (κ2) is 5.63. The fraction of sp³-hybridized carbons (Fsp3) is 0.167. The van der Waals surface area contributed by atoms with Gasteiger partial charge in [0.25, 0.3) is 0 Å². The van der Waals surface area contributed by atoms with Crippen LogP contribution in [0.25, 0.3) is 0 Å². The van der Waals surface area contributed by atoms with Crippen LogP contribution in [0, 0.1) is 0 Å². The lowest BCUT2D eigenvalue weighted by molar-refractivity contribution is 0.293. The van der Waals surface area contributed by atoms with Crippen LogP contribution in [0.4, 0.5) is 0 Å². The van der Waals surface area contributed by atoms with Crippen LogP contribution in [-0.4, -0.2) is 17.1 Å². The van der Waals surface area contributed by atoms with Crippen LogP contribution in [0.15, 0.2) is 41.1 Å². The van der Waals surface area contributed by atoms with E-state index in [9.17, 15) is 0 Å². The third-order valence-corrected chi connectivity index (χ3v) is 2.56. The van der Waals surface area contributed by atoms with E-state index in [0.717, 1.165) is 10.0 Å². The zero-order valence-electron chi connectivity index (χ0n) is 9.26. The van der Waals surface area contributed by atoms with Gasteiger partial charge in [-0.15, -0.1) is 0 Å². The first-order chi connectivity index (χ1) is 8.28. The molecule has 0 aliphatic rings. The van der Waals surface area contributed by atoms with E-state index >= 15 is 0 Å². The quantitative estimate of drug-likeness (QED) is 0.870.